The standard InChI is InChI=1S/C10H18N4O2/c1-3-16-5-4-9(15)12-6-8-7-13-14(2)10(8)11/h7H,3-6,11H2,1-2H3,(H,12,15). The highest BCUT2D eigenvalue weighted by Gasteiger charge is 2.06. The molecule has 0 unspecified atom stereocenters. The first kappa shape index (κ1) is 12.5. The van der Waals surface area contributed by atoms with Gasteiger partial charge in [-0.3, -0.25) is 9.48 Å². The van der Waals surface area contributed by atoms with E-state index in [0.717, 1.165) is 5.56 Å². The Morgan fingerprint density at radius 3 is 3.00 bits per heavy atom. The highest BCUT2D eigenvalue weighted by Crippen LogP contribution is 2.08. The summed E-state index contributed by atoms with van der Waals surface area (Å²) >= 11 is 0. The van der Waals surface area contributed by atoms with Gasteiger partial charge in [-0.15, -0.1) is 0 Å². The minimum atomic E-state index is -0.0447. The van der Waals surface area contributed by atoms with Crippen molar-refractivity contribution in [1.29, 1.82) is 0 Å². The van der Waals surface area contributed by atoms with Gasteiger partial charge in [-0.05, 0) is 6.92 Å². The molecule has 0 aromatic carbocycles. The van der Waals surface area contributed by atoms with Crippen molar-refractivity contribution in [2.45, 2.75) is 19.9 Å². The zero-order valence-corrected chi connectivity index (χ0v) is 9.69. The molecule has 0 fully saturated rings. The lowest BCUT2D eigenvalue weighted by Gasteiger charge is -2.04. The topological polar surface area (TPSA) is 82.2 Å². The lowest BCUT2D eigenvalue weighted by molar-refractivity contribution is -0.122. The number of nitrogens with zero attached hydrogens (tertiary/aromatic N) is 2. The van der Waals surface area contributed by atoms with Crippen LogP contribution in [0.5, 0.6) is 0 Å². The van der Waals surface area contributed by atoms with Crippen molar-refractivity contribution in [1.82, 2.24) is 15.1 Å². The number of carbonyl (C=O) groups is 1. The Labute approximate surface area is 94.8 Å². The molecule has 6 nitrogen and oxygen atoms in total. The minimum absolute atomic E-state index is 0.0447. The molecule has 0 aliphatic carbocycles. The zero-order valence-electron chi connectivity index (χ0n) is 9.69. The number of anilines is 1. The Hall–Kier alpha value is -1.56. The third-order valence-corrected chi connectivity index (χ3v) is 2.22. The highest BCUT2D eigenvalue weighted by molar-refractivity contribution is 5.76. The minimum Gasteiger partial charge on any atom is -0.384 e. The summed E-state index contributed by atoms with van der Waals surface area (Å²) in [7, 11) is 1.76. The van der Waals surface area contributed by atoms with Gasteiger partial charge in [0.15, 0.2) is 0 Å². The normalized spacial score (nSPS) is 10.4. The summed E-state index contributed by atoms with van der Waals surface area (Å²) in [4.78, 5) is 11.4. The molecule has 1 aromatic rings. The van der Waals surface area contributed by atoms with Gasteiger partial charge in [0.2, 0.25) is 5.91 Å². The summed E-state index contributed by atoms with van der Waals surface area (Å²) in [6, 6.07) is 0. The molecule has 1 amide bonds. The molecule has 0 spiro atoms. The summed E-state index contributed by atoms with van der Waals surface area (Å²) in [6.07, 6.45) is 2.02. The first-order valence-corrected chi connectivity index (χ1v) is 5.26. The largest absolute Gasteiger partial charge is 0.384 e. The van der Waals surface area contributed by atoms with Crippen molar-refractivity contribution in [3.63, 3.8) is 0 Å². The monoisotopic (exact) mass is 226 g/mol. The lowest BCUT2D eigenvalue weighted by Crippen LogP contribution is -2.24. The number of nitrogens with one attached hydrogen (secondary N) is 1. The summed E-state index contributed by atoms with van der Waals surface area (Å²) in [5, 5.41) is 6.74. The first-order valence-electron chi connectivity index (χ1n) is 5.26. The maximum absolute atomic E-state index is 11.4. The van der Waals surface area contributed by atoms with E-state index in [9.17, 15) is 4.79 Å². The highest BCUT2D eigenvalue weighted by atomic mass is 16.5. The van der Waals surface area contributed by atoms with Crippen LogP contribution >= 0.6 is 0 Å². The van der Waals surface area contributed by atoms with E-state index >= 15 is 0 Å². The second-order valence-electron chi connectivity index (χ2n) is 3.40. The van der Waals surface area contributed by atoms with Gasteiger partial charge in [0.05, 0.1) is 12.8 Å². The van der Waals surface area contributed by atoms with E-state index in [1.165, 1.54) is 0 Å². The van der Waals surface area contributed by atoms with Crippen LogP contribution in [0.25, 0.3) is 0 Å². The number of amides is 1. The molecule has 6 heteroatoms. The van der Waals surface area contributed by atoms with E-state index in [1.807, 2.05) is 6.92 Å². The van der Waals surface area contributed by atoms with E-state index in [0.29, 0.717) is 32.0 Å². The molecule has 0 saturated carbocycles. The van der Waals surface area contributed by atoms with E-state index in [4.69, 9.17) is 10.5 Å². The molecule has 90 valence electrons. The molecule has 1 heterocycles. The first-order chi connectivity index (χ1) is 7.65. The van der Waals surface area contributed by atoms with Gasteiger partial charge in [0.1, 0.15) is 5.82 Å². The van der Waals surface area contributed by atoms with E-state index < -0.39 is 0 Å². The number of ether oxygens (including phenoxy) is 1. The zero-order chi connectivity index (χ0) is 12.0. The van der Waals surface area contributed by atoms with Gasteiger partial charge in [0, 0.05) is 32.2 Å². The number of aryl methyl sites for hydroxylation is 1. The summed E-state index contributed by atoms with van der Waals surface area (Å²) < 4.78 is 6.65. The Bertz CT molecular complexity index is 349. The van der Waals surface area contributed by atoms with Crippen LogP contribution in [0, 0.1) is 0 Å². The third-order valence-electron chi connectivity index (χ3n) is 2.22. The third kappa shape index (κ3) is 3.54. The van der Waals surface area contributed by atoms with E-state index in [1.54, 1.807) is 17.9 Å². The maximum atomic E-state index is 11.4. The Morgan fingerprint density at radius 2 is 2.44 bits per heavy atom. The van der Waals surface area contributed by atoms with Crippen LogP contribution in [-0.4, -0.2) is 28.9 Å². The SMILES string of the molecule is CCOCCC(=O)NCc1cnn(C)c1N. The van der Waals surface area contributed by atoms with Crippen LogP contribution < -0.4 is 11.1 Å². The van der Waals surface area contributed by atoms with E-state index in [2.05, 4.69) is 10.4 Å². The fraction of sp³-hybridized carbons (Fsp3) is 0.600. The molecule has 0 bridgehead atoms. The molecule has 1 aromatic heterocycles. The number of rotatable bonds is 6. The molecular weight excluding hydrogens is 208 g/mol. The molecular formula is C10H18N4O2. The van der Waals surface area contributed by atoms with Crippen LogP contribution in [0.4, 0.5) is 5.82 Å². The van der Waals surface area contributed by atoms with Crippen LogP contribution in [0.15, 0.2) is 6.20 Å². The van der Waals surface area contributed by atoms with Crippen molar-refractivity contribution < 1.29 is 9.53 Å². The molecule has 16 heavy (non-hydrogen) atoms. The lowest BCUT2D eigenvalue weighted by atomic mass is 10.3. The number of nitrogens with two attached hydrogens (primary N) is 1. The van der Waals surface area contributed by atoms with Crippen molar-refractivity contribution in [3.8, 4) is 0 Å². The summed E-state index contributed by atoms with van der Waals surface area (Å²) in [5.41, 5.74) is 6.56. The van der Waals surface area contributed by atoms with Crippen molar-refractivity contribution in [3.05, 3.63) is 11.8 Å². The van der Waals surface area contributed by atoms with Crippen LogP contribution in [0.3, 0.4) is 0 Å². The van der Waals surface area contributed by atoms with Crippen molar-refractivity contribution in [2.75, 3.05) is 18.9 Å². The van der Waals surface area contributed by atoms with Crippen LogP contribution in [0.1, 0.15) is 18.9 Å². The average molecular weight is 226 g/mol. The fourth-order valence-corrected chi connectivity index (χ4v) is 1.22. The Kier molecular flexibility index (Phi) is 4.78. The molecule has 0 aliphatic rings. The number of hydrogen-bond acceptors (Lipinski definition) is 4. The predicted octanol–water partition coefficient (Wildman–Crippen LogP) is 0.0451. The number of carbonyl (C=O) groups excluding carboxylic acids is 1. The molecule has 0 aliphatic heterocycles. The summed E-state index contributed by atoms with van der Waals surface area (Å²) in [5.74, 6) is 0.529. The number of hydrogen-bond donors (Lipinski definition) is 2. The quantitative estimate of drug-likeness (QED) is 0.671. The van der Waals surface area contributed by atoms with Crippen LogP contribution in [-0.2, 0) is 23.1 Å². The smallest absolute Gasteiger partial charge is 0.222 e. The van der Waals surface area contributed by atoms with Crippen LogP contribution in [0.2, 0.25) is 0 Å². The molecule has 0 radical (unpaired) electrons. The van der Waals surface area contributed by atoms with Gasteiger partial charge in [-0.25, -0.2) is 0 Å². The van der Waals surface area contributed by atoms with Crippen molar-refractivity contribution >= 4 is 11.7 Å². The molecule has 0 atom stereocenters. The van der Waals surface area contributed by atoms with Crippen molar-refractivity contribution in [2.24, 2.45) is 7.05 Å². The predicted molar refractivity (Wildman–Crippen MR) is 60.6 cm³/mol. The molecule has 1 rings (SSSR count). The van der Waals surface area contributed by atoms with E-state index in [-0.39, 0.29) is 5.91 Å². The fourth-order valence-electron chi connectivity index (χ4n) is 1.22. The molecule has 3 N–H and O–H groups in total. The maximum Gasteiger partial charge on any atom is 0.222 e. The van der Waals surface area contributed by atoms with Gasteiger partial charge < -0.3 is 15.8 Å². The number of aromatic nitrogens is 2. The Balaban J connectivity index is 2.29. The number of nitrogen functional groups attached to an aromatic ring is 1. The average Bonchev–Trinajstić information content (AvgIpc) is 2.58. The second-order valence-corrected chi connectivity index (χ2v) is 3.40. The Morgan fingerprint density at radius 1 is 1.69 bits per heavy atom. The second kappa shape index (κ2) is 6.12. The van der Waals surface area contributed by atoms with Gasteiger partial charge >= 0.3 is 0 Å². The molecule has 0 saturated heterocycles. The van der Waals surface area contributed by atoms with Gasteiger partial charge in [-0.2, -0.15) is 5.10 Å². The van der Waals surface area contributed by atoms with Gasteiger partial charge in [-0.1, -0.05) is 0 Å². The van der Waals surface area contributed by atoms with Gasteiger partial charge in [0.25, 0.3) is 0 Å². The summed E-state index contributed by atoms with van der Waals surface area (Å²) in [6.45, 7) is 3.38.